The van der Waals surface area contributed by atoms with E-state index in [-0.39, 0.29) is 6.42 Å². The molecule has 1 N–H and O–H groups in total. The molecule has 0 fully saturated rings. The van der Waals surface area contributed by atoms with E-state index in [1.807, 2.05) is 30.3 Å². The van der Waals surface area contributed by atoms with Gasteiger partial charge in [-0.15, -0.1) is 10.2 Å². The van der Waals surface area contributed by atoms with Crippen molar-refractivity contribution in [3.05, 3.63) is 76.3 Å². The monoisotopic (exact) mass is 434 g/mol. The number of hydrogen-bond acceptors (Lipinski definition) is 6. The lowest BCUT2D eigenvalue weighted by Gasteiger charge is -2.25. The number of carbonyl (C=O) groups excluding carboxylic acids is 3. The Morgan fingerprint density at radius 2 is 1.65 bits per heavy atom. The average molecular weight is 435 g/mol. The van der Waals surface area contributed by atoms with Gasteiger partial charge in [0.15, 0.2) is 0 Å². The summed E-state index contributed by atoms with van der Waals surface area (Å²) in [5, 5.41) is 12.1. The molecule has 1 aliphatic heterocycles. The molecule has 0 radical (unpaired) electrons. The summed E-state index contributed by atoms with van der Waals surface area (Å²) in [4.78, 5) is 40.3. The zero-order chi connectivity index (χ0) is 21.8. The van der Waals surface area contributed by atoms with Crippen LogP contribution in [0.4, 0.5) is 5.13 Å². The number of aryl methyl sites for hydroxylation is 1. The van der Waals surface area contributed by atoms with Crippen LogP contribution in [0.1, 0.15) is 51.1 Å². The number of hydrogen-bond donors (Lipinski definition) is 1. The summed E-state index contributed by atoms with van der Waals surface area (Å²) in [5.41, 5.74) is 1.48. The minimum absolute atomic E-state index is 0.208. The molecule has 0 unspecified atom stereocenters. The summed E-state index contributed by atoms with van der Waals surface area (Å²) in [6.07, 6.45) is 3.05. The largest absolute Gasteiger partial charge is 0.299 e. The lowest BCUT2D eigenvalue weighted by atomic mass is 10.0. The van der Waals surface area contributed by atoms with Crippen molar-refractivity contribution in [2.75, 3.05) is 5.32 Å². The van der Waals surface area contributed by atoms with Crippen LogP contribution in [0.25, 0.3) is 0 Å². The van der Waals surface area contributed by atoms with Crippen molar-refractivity contribution < 1.29 is 14.4 Å². The van der Waals surface area contributed by atoms with Crippen LogP contribution in [0.3, 0.4) is 0 Å². The molecule has 158 valence electrons. The predicted molar refractivity (Wildman–Crippen MR) is 118 cm³/mol. The van der Waals surface area contributed by atoms with Crippen molar-refractivity contribution in [2.45, 2.75) is 38.6 Å². The molecule has 3 amide bonds. The molecule has 31 heavy (non-hydrogen) atoms. The number of imide groups is 1. The zero-order valence-electron chi connectivity index (χ0n) is 17.1. The van der Waals surface area contributed by atoms with E-state index >= 15 is 0 Å². The van der Waals surface area contributed by atoms with E-state index in [1.165, 1.54) is 11.3 Å². The Morgan fingerprint density at radius 1 is 1.00 bits per heavy atom. The Bertz CT molecular complexity index is 1080. The van der Waals surface area contributed by atoms with Gasteiger partial charge in [-0.25, -0.2) is 0 Å². The Hall–Kier alpha value is -3.39. The molecule has 0 aliphatic carbocycles. The maximum absolute atomic E-state index is 13.3. The van der Waals surface area contributed by atoms with Crippen molar-refractivity contribution in [3.63, 3.8) is 0 Å². The SMILES string of the molecule is CCCCc1nnc(NC(=O)[C@H](Cc2ccccc2)N2C(=O)c3ccccc3C2=O)s1. The molecule has 0 saturated heterocycles. The van der Waals surface area contributed by atoms with Gasteiger partial charge in [0.2, 0.25) is 11.0 Å². The molecule has 2 aromatic carbocycles. The zero-order valence-corrected chi connectivity index (χ0v) is 17.9. The van der Waals surface area contributed by atoms with E-state index in [2.05, 4.69) is 22.4 Å². The molecule has 0 saturated carbocycles. The normalized spacial score (nSPS) is 13.9. The van der Waals surface area contributed by atoms with Crippen molar-refractivity contribution in [1.29, 1.82) is 0 Å². The van der Waals surface area contributed by atoms with E-state index < -0.39 is 23.8 Å². The van der Waals surface area contributed by atoms with Gasteiger partial charge in [0.1, 0.15) is 11.0 Å². The lowest BCUT2D eigenvalue weighted by molar-refractivity contribution is -0.119. The molecule has 2 heterocycles. The number of aromatic nitrogens is 2. The third-order valence-electron chi connectivity index (χ3n) is 5.15. The Morgan fingerprint density at radius 3 is 2.29 bits per heavy atom. The van der Waals surface area contributed by atoms with Crippen LogP contribution in [0.2, 0.25) is 0 Å². The van der Waals surface area contributed by atoms with Gasteiger partial charge in [-0.3, -0.25) is 24.6 Å². The van der Waals surface area contributed by atoms with E-state index in [9.17, 15) is 14.4 Å². The first kappa shape index (κ1) is 20.9. The fraction of sp³-hybridized carbons (Fsp3) is 0.261. The highest BCUT2D eigenvalue weighted by Gasteiger charge is 2.42. The summed E-state index contributed by atoms with van der Waals surface area (Å²) in [6.45, 7) is 2.10. The smallest absolute Gasteiger partial charge is 0.262 e. The van der Waals surface area contributed by atoms with Crippen LogP contribution >= 0.6 is 11.3 Å². The quantitative estimate of drug-likeness (QED) is 0.546. The number of nitrogens with one attached hydrogen (secondary N) is 1. The third-order valence-corrected chi connectivity index (χ3v) is 6.05. The van der Waals surface area contributed by atoms with Gasteiger partial charge in [0.05, 0.1) is 11.1 Å². The first-order valence-electron chi connectivity index (χ1n) is 10.2. The molecule has 3 aromatic rings. The van der Waals surface area contributed by atoms with E-state index in [0.29, 0.717) is 16.3 Å². The van der Waals surface area contributed by atoms with E-state index in [1.54, 1.807) is 24.3 Å². The first-order valence-corrected chi connectivity index (χ1v) is 11.0. The standard InChI is InChI=1S/C23H22N4O3S/c1-2-3-13-19-25-26-23(31-19)24-20(28)18(14-15-9-5-4-6-10-15)27-21(29)16-11-7-8-12-17(16)22(27)30/h4-12,18H,2-3,13-14H2,1H3,(H,24,26,28)/t18-/m0/s1. The Labute approximate surface area is 184 Å². The molecule has 8 heteroatoms. The molecular formula is C23H22N4O3S. The van der Waals surface area contributed by atoms with Crippen molar-refractivity contribution in [1.82, 2.24) is 15.1 Å². The molecular weight excluding hydrogens is 412 g/mol. The van der Waals surface area contributed by atoms with E-state index in [0.717, 1.165) is 34.7 Å². The minimum atomic E-state index is -1.00. The fourth-order valence-corrected chi connectivity index (χ4v) is 4.34. The van der Waals surface area contributed by atoms with Crippen LogP contribution in [-0.4, -0.2) is 38.9 Å². The number of anilines is 1. The van der Waals surface area contributed by atoms with Gasteiger partial charge in [0, 0.05) is 12.8 Å². The highest BCUT2D eigenvalue weighted by atomic mass is 32.1. The molecule has 1 aromatic heterocycles. The number of nitrogens with zero attached hydrogens (tertiary/aromatic N) is 3. The number of amides is 3. The van der Waals surface area contributed by atoms with Gasteiger partial charge in [-0.2, -0.15) is 0 Å². The predicted octanol–water partition coefficient (Wildman–Crippen LogP) is 3.73. The molecule has 0 bridgehead atoms. The highest BCUT2D eigenvalue weighted by molar-refractivity contribution is 7.15. The maximum Gasteiger partial charge on any atom is 0.262 e. The highest BCUT2D eigenvalue weighted by Crippen LogP contribution is 2.27. The number of carbonyl (C=O) groups is 3. The van der Waals surface area contributed by atoms with Crippen LogP contribution in [0.15, 0.2) is 54.6 Å². The molecule has 1 aliphatic rings. The second-order valence-electron chi connectivity index (χ2n) is 7.33. The van der Waals surface area contributed by atoms with Crippen LogP contribution in [-0.2, 0) is 17.6 Å². The van der Waals surface area contributed by atoms with Gasteiger partial charge in [-0.1, -0.05) is 67.1 Å². The van der Waals surface area contributed by atoms with Crippen LogP contribution in [0.5, 0.6) is 0 Å². The van der Waals surface area contributed by atoms with Gasteiger partial charge >= 0.3 is 0 Å². The lowest BCUT2D eigenvalue weighted by Crippen LogP contribution is -2.48. The summed E-state index contributed by atoms with van der Waals surface area (Å²) in [5.74, 6) is -1.38. The van der Waals surface area contributed by atoms with Crippen LogP contribution in [0, 0.1) is 0 Å². The Balaban J connectivity index is 1.60. The van der Waals surface area contributed by atoms with Gasteiger partial charge in [0.25, 0.3) is 11.8 Å². The first-order chi connectivity index (χ1) is 15.1. The number of rotatable bonds is 8. The molecule has 7 nitrogen and oxygen atoms in total. The number of unbranched alkanes of at least 4 members (excludes halogenated alkanes) is 1. The number of benzene rings is 2. The molecule has 1 atom stereocenters. The third kappa shape index (κ3) is 4.39. The van der Waals surface area contributed by atoms with Crippen LogP contribution < -0.4 is 5.32 Å². The van der Waals surface area contributed by atoms with E-state index in [4.69, 9.17) is 0 Å². The summed E-state index contributed by atoms with van der Waals surface area (Å²) in [7, 11) is 0. The van der Waals surface area contributed by atoms with Crippen molar-refractivity contribution in [2.24, 2.45) is 0 Å². The topological polar surface area (TPSA) is 92.3 Å². The van der Waals surface area contributed by atoms with Gasteiger partial charge < -0.3 is 0 Å². The van der Waals surface area contributed by atoms with Crippen molar-refractivity contribution >= 4 is 34.2 Å². The van der Waals surface area contributed by atoms with Crippen molar-refractivity contribution in [3.8, 4) is 0 Å². The maximum atomic E-state index is 13.3. The second kappa shape index (κ2) is 9.18. The average Bonchev–Trinajstić information content (AvgIpc) is 3.34. The molecule has 4 rings (SSSR count). The fourth-order valence-electron chi connectivity index (χ4n) is 3.55. The second-order valence-corrected chi connectivity index (χ2v) is 8.39. The van der Waals surface area contributed by atoms with Gasteiger partial charge in [-0.05, 0) is 24.1 Å². The summed E-state index contributed by atoms with van der Waals surface area (Å²) >= 11 is 1.31. The Kier molecular flexibility index (Phi) is 6.18. The number of fused-ring (bicyclic) bond motifs is 1. The molecule has 0 spiro atoms. The summed E-state index contributed by atoms with van der Waals surface area (Å²) in [6, 6.07) is 15.0. The minimum Gasteiger partial charge on any atom is -0.299 e. The summed E-state index contributed by atoms with van der Waals surface area (Å²) < 4.78 is 0.